The van der Waals surface area contributed by atoms with Gasteiger partial charge in [0.1, 0.15) is 0 Å². The summed E-state index contributed by atoms with van der Waals surface area (Å²) < 4.78 is 2.00. The van der Waals surface area contributed by atoms with Crippen molar-refractivity contribution in [3.05, 3.63) is 45.7 Å². The number of hydrogen-bond donors (Lipinski definition) is 1. The van der Waals surface area contributed by atoms with Crippen LogP contribution in [-0.4, -0.2) is 15.8 Å². The molecule has 0 radical (unpaired) electrons. The summed E-state index contributed by atoms with van der Waals surface area (Å²) >= 11 is 12.3. The van der Waals surface area contributed by atoms with Gasteiger partial charge in [0.15, 0.2) is 0 Å². The average Bonchev–Trinajstić information content (AvgIpc) is 3.37. The fraction of sp³-hybridized carbons (Fsp3) is 0.438. The molecule has 2 aromatic rings. The monoisotopic (exact) mass is 321 g/mol. The maximum Gasteiger partial charge on any atom is 0.0836 e. The summed E-state index contributed by atoms with van der Waals surface area (Å²) in [4.78, 5) is 0. The molecule has 2 fully saturated rings. The minimum Gasteiger partial charge on any atom is -0.310 e. The number of aromatic nitrogens is 2. The van der Waals surface area contributed by atoms with Crippen molar-refractivity contribution in [1.29, 1.82) is 0 Å². The highest BCUT2D eigenvalue weighted by Gasteiger charge is 2.31. The van der Waals surface area contributed by atoms with Gasteiger partial charge in [-0.25, -0.2) is 4.68 Å². The van der Waals surface area contributed by atoms with Crippen LogP contribution < -0.4 is 5.32 Å². The molecule has 4 rings (SSSR count). The molecule has 1 heterocycles. The van der Waals surface area contributed by atoms with Crippen molar-refractivity contribution in [1.82, 2.24) is 15.1 Å². The topological polar surface area (TPSA) is 29.9 Å². The van der Waals surface area contributed by atoms with E-state index < -0.39 is 0 Å². The summed E-state index contributed by atoms with van der Waals surface area (Å²) in [5.74, 6) is 0.621. The third-order valence-electron chi connectivity index (χ3n) is 4.15. The molecule has 21 heavy (non-hydrogen) atoms. The second-order valence-electron chi connectivity index (χ2n) is 5.99. The summed E-state index contributed by atoms with van der Waals surface area (Å²) in [5.41, 5.74) is 3.53. The molecule has 0 bridgehead atoms. The zero-order valence-corrected chi connectivity index (χ0v) is 13.2. The van der Waals surface area contributed by atoms with Gasteiger partial charge in [0.25, 0.3) is 0 Å². The van der Waals surface area contributed by atoms with Crippen LogP contribution in [0.25, 0.3) is 5.69 Å². The highest BCUT2D eigenvalue weighted by atomic mass is 35.5. The predicted octanol–water partition coefficient (Wildman–Crippen LogP) is 4.31. The molecule has 0 amide bonds. The minimum atomic E-state index is 0.621. The van der Waals surface area contributed by atoms with E-state index in [9.17, 15) is 0 Å². The van der Waals surface area contributed by atoms with Crippen molar-refractivity contribution in [2.24, 2.45) is 0 Å². The van der Waals surface area contributed by atoms with Crippen molar-refractivity contribution in [3.8, 4) is 5.69 Å². The molecule has 0 unspecified atom stereocenters. The Morgan fingerprint density at radius 1 is 1.19 bits per heavy atom. The molecule has 1 aromatic carbocycles. The fourth-order valence-electron chi connectivity index (χ4n) is 2.71. The molecular formula is C16H17Cl2N3. The van der Waals surface area contributed by atoms with E-state index >= 15 is 0 Å². The van der Waals surface area contributed by atoms with E-state index in [1.54, 1.807) is 6.07 Å². The lowest BCUT2D eigenvalue weighted by atomic mass is 10.1. The molecule has 110 valence electrons. The Balaban J connectivity index is 1.70. The highest BCUT2D eigenvalue weighted by Crippen LogP contribution is 2.43. The first-order valence-electron chi connectivity index (χ1n) is 7.48. The van der Waals surface area contributed by atoms with Crippen molar-refractivity contribution >= 4 is 23.2 Å². The first-order chi connectivity index (χ1) is 10.2. The van der Waals surface area contributed by atoms with Crippen LogP contribution in [-0.2, 0) is 6.54 Å². The Labute approximate surface area is 134 Å². The molecule has 5 heteroatoms. The molecule has 2 aliphatic carbocycles. The molecule has 1 aromatic heterocycles. The summed E-state index contributed by atoms with van der Waals surface area (Å²) in [6.45, 7) is 0.904. The maximum atomic E-state index is 6.35. The van der Waals surface area contributed by atoms with E-state index in [2.05, 4.69) is 10.4 Å². The molecule has 0 saturated heterocycles. The smallest absolute Gasteiger partial charge is 0.0836 e. The minimum absolute atomic E-state index is 0.621. The van der Waals surface area contributed by atoms with Gasteiger partial charge in [0, 0.05) is 29.1 Å². The van der Waals surface area contributed by atoms with E-state index in [4.69, 9.17) is 23.2 Å². The number of rotatable bonds is 5. The van der Waals surface area contributed by atoms with E-state index in [0.29, 0.717) is 22.0 Å². The Morgan fingerprint density at radius 3 is 2.67 bits per heavy atom. The van der Waals surface area contributed by atoms with E-state index in [0.717, 1.165) is 12.2 Å². The second-order valence-corrected chi connectivity index (χ2v) is 6.84. The summed E-state index contributed by atoms with van der Waals surface area (Å²) in [5, 5.41) is 9.46. The number of benzene rings is 1. The van der Waals surface area contributed by atoms with E-state index in [1.807, 2.05) is 23.0 Å². The lowest BCUT2D eigenvalue weighted by molar-refractivity contribution is 0.679. The number of nitrogens with zero attached hydrogens (tertiary/aromatic N) is 2. The number of nitrogens with one attached hydrogen (secondary N) is 1. The number of halogens is 2. The fourth-order valence-corrected chi connectivity index (χ4v) is 3.20. The quantitative estimate of drug-likeness (QED) is 0.889. The molecular weight excluding hydrogens is 305 g/mol. The van der Waals surface area contributed by atoms with Gasteiger partial charge in [-0.05, 0) is 43.9 Å². The van der Waals surface area contributed by atoms with Gasteiger partial charge in [-0.1, -0.05) is 23.2 Å². The molecule has 0 aliphatic heterocycles. The van der Waals surface area contributed by atoms with Gasteiger partial charge in [0.2, 0.25) is 0 Å². The van der Waals surface area contributed by atoms with Crippen molar-refractivity contribution in [3.63, 3.8) is 0 Å². The first-order valence-corrected chi connectivity index (χ1v) is 8.23. The van der Waals surface area contributed by atoms with Gasteiger partial charge in [-0.2, -0.15) is 5.10 Å². The predicted molar refractivity (Wildman–Crippen MR) is 85.4 cm³/mol. The average molecular weight is 322 g/mol. The van der Waals surface area contributed by atoms with Crippen molar-refractivity contribution in [2.75, 3.05) is 0 Å². The highest BCUT2D eigenvalue weighted by molar-refractivity contribution is 6.35. The zero-order chi connectivity index (χ0) is 14.4. The maximum absolute atomic E-state index is 6.35. The van der Waals surface area contributed by atoms with Crippen LogP contribution in [0.5, 0.6) is 0 Å². The summed E-state index contributed by atoms with van der Waals surface area (Å²) in [6, 6.07) is 6.30. The molecule has 2 aliphatic rings. The van der Waals surface area contributed by atoms with Gasteiger partial charge < -0.3 is 5.32 Å². The first kappa shape index (κ1) is 13.6. The third kappa shape index (κ3) is 2.83. The summed E-state index contributed by atoms with van der Waals surface area (Å²) in [7, 11) is 0. The second kappa shape index (κ2) is 5.31. The van der Waals surface area contributed by atoms with Crippen LogP contribution in [0.15, 0.2) is 24.4 Å². The summed E-state index contributed by atoms with van der Waals surface area (Å²) in [6.07, 6.45) is 7.07. The normalized spacial score (nSPS) is 18.2. The molecule has 1 N–H and O–H groups in total. The Bertz CT molecular complexity index is 672. The Hall–Kier alpha value is -1.03. The van der Waals surface area contributed by atoms with Crippen molar-refractivity contribution in [2.45, 2.75) is 44.2 Å². The van der Waals surface area contributed by atoms with Crippen LogP contribution in [0, 0.1) is 0 Å². The van der Waals surface area contributed by atoms with Crippen LogP contribution in [0.1, 0.15) is 42.9 Å². The van der Waals surface area contributed by atoms with E-state index in [-0.39, 0.29) is 0 Å². The Kier molecular flexibility index (Phi) is 3.44. The SMILES string of the molecule is Clc1ccc(-n2ncc(CNC3CC3)c2C2CC2)c(Cl)c1. The molecule has 0 spiro atoms. The van der Waals surface area contributed by atoms with Crippen molar-refractivity contribution < 1.29 is 0 Å². The van der Waals surface area contributed by atoms with Gasteiger partial charge >= 0.3 is 0 Å². The largest absolute Gasteiger partial charge is 0.310 e. The van der Waals surface area contributed by atoms with E-state index in [1.165, 1.54) is 36.9 Å². The lowest BCUT2D eigenvalue weighted by Gasteiger charge is -2.11. The Morgan fingerprint density at radius 2 is 2.00 bits per heavy atom. The van der Waals surface area contributed by atoms with Crippen LogP contribution in [0.2, 0.25) is 10.0 Å². The van der Waals surface area contributed by atoms with Gasteiger partial charge in [0.05, 0.1) is 22.6 Å². The van der Waals surface area contributed by atoms with Crippen LogP contribution in [0.4, 0.5) is 0 Å². The third-order valence-corrected chi connectivity index (χ3v) is 4.68. The lowest BCUT2D eigenvalue weighted by Crippen LogP contribution is -2.16. The van der Waals surface area contributed by atoms with Gasteiger partial charge in [-0.15, -0.1) is 0 Å². The number of hydrogen-bond acceptors (Lipinski definition) is 2. The zero-order valence-electron chi connectivity index (χ0n) is 11.6. The van der Waals surface area contributed by atoms with Crippen LogP contribution >= 0.6 is 23.2 Å². The standard InChI is InChI=1S/C16H17Cl2N3/c17-12-3-6-15(14(18)7-12)21-16(10-1-2-10)11(9-20-21)8-19-13-4-5-13/h3,6-7,9-10,13,19H,1-2,4-5,8H2. The van der Waals surface area contributed by atoms with Crippen LogP contribution in [0.3, 0.4) is 0 Å². The van der Waals surface area contributed by atoms with Gasteiger partial charge in [-0.3, -0.25) is 0 Å². The molecule has 3 nitrogen and oxygen atoms in total. The molecule has 2 saturated carbocycles. The molecule has 0 atom stereocenters.